The van der Waals surface area contributed by atoms with Gasteiger partial charge in [0.05, 0.1) is 12.7 Å². The van der Waals surface area contributed by atoms with Gasteiger partial charge in [0.25, 0.3) is 0 Å². The van der Waals surface area contributed by atoms with Gasteiger partial charge in [0.1, 0.15) is 12.2 Å². The van der Waals surface area contributed by atoms with Crippen LogP contribution in [0.3, 0.4) is 0 Å². The molecule has 0 aliphatic heterocycles. The molecule has 0 radical (unpaired) electrons. The summed E-state index contributed by atoms with van der Waals surface area (Å²) in [6, 6.07) is -1.07. The summed E-state index contributed by atoms with van der Waals surface area (Å²) in [7, 11) is 1.55. The molecule has 1 rings (SSSR count). The summed E-state index contributed by atoms with van der Waals surface area (Å²) in [5, 5.41) is 25.9. The van der Waals surface area contributed by atoms with Crippen LogP contribution in [0.1, 0.15) is 18.8 Å². The van der Waals surface area contributed by atoms with E-state index in [1.54, 1.807) is 7.11 Å². The van der Waals surface area contributed by atoms with Crippen LogP contribution in [0.2, 0.25) is 0 Å². The monoisotopic (exact) mass is 229 g/mol. The maximum absolute atomic E-state index is 11.0. The molecule has 90 valence electrons. The van der Waals surface area contributed by atoms with E-state index in [2.05, 4.69) is 10.2 Å². The van der Waals surface area contributed by atoms with Crippen molar-refractivity contribution in [3.8, 4) is 0 Å². The average molecular weight is 229 g/mol. The first-order valence-corrected chi connectivity index (χ1v) is 4.86. The third-order valence-electron chi connectivity index (χ3n) is 2.19. The SMILES string of the molecule is COCCc1nncn1C(C(=O)O)C(C)O. The highest BCUT2D eigenvalue weighted by atomic mass is 16.5. The van der Waals surface area contributed by atoms with E-state index >= 15 is 0 Å². The Morgan fingerprint density at radius 1 is 1.69 bits per heavy atom. The van der Waals surface area contributed by atoms with Gasteiger partial charge in [-0.05, 0) is 6.92 Å². The normalized spacial score (nSPS) is 14.7. The van der Waals surface area contributed by atoms with Gasteiger partial charge in [-0.1, -0.05) is 0 Å². The fraction of sp³-hybridized carbons (Fsp3) is 0.667. The summed E-state index contributed by atoms with van der Waals surface area (Å²) in [4.78, 5) is 11.0. The van der Waals surface area contributed by atoms with Crippen LogP contribution in [-0.4, -0.2) is 50.8 Å². The fourth-order valence-electron chi connectivity index (χ4n) is 1.43. The van der Waals surface area contributed by atoms with Crippen LogP contribution in [0, 0.1) is 0 Å². The number of hydrogen-bond acceptors (Lipinski definition) is 5. The van der Waals surface area contributed by atoms with Gasteiger partial charge in [0.15, 0.2) is 6.04 Å². The highest BCUT2D eigenvalue weighted by molar-refractivity contribution is 5.72. The summed E-state index contributed by atoms with van der Waals surface area (Å²) >= 11 is 0. The van der Waals surface area contributed by atoms with E-state index in [4.69, 9.17) is 9.84 Å². The molecule has 2 unspecified atom stereocenters. The lowest BCUT2D eigenvalue weighted by molar-refractivity contribution is -0.144. The second-order valence-corrected chi connectivity index (χ2v) is 3.42. The van der Waals surface area contributed by atoms with Crippen LogP contribution in [-0.2, 0) is 16.0 Å². The molecule has 0 amide bonds. The van der Waals surface area contributed by atoms with Crippen LogP contribution < -0.4 is 0 Å². The number of carboxylic acid groups (broad SMARTS) is 1. The van der Waals surface area contributed by atoms with Gasteiger partial charge in [-0.25, -0.2) is 4.79 Å². The molecule has 2 atom stereocenters. The van der Waals surface area contributed by atoms with Gasteiger partial charge in [-0.3, -0.25) is 0 Å². The molecule has 7 heteroatoms. The van der Waals surface area contributed by atoms with E-state index in [9.17, 15) is 9.90 Å². The Balaban J connectivity index is 2.91. The lowest BCUT2D eigenvalue weighted by Crippen LogP contribution is -2.30. The molecular weight excluding hydrogens is 214 g/mol. The number of hydrogen-bond donors (Lipinski definition) is 2. The maximum Gasteiger partial charge on any atom is 0.329 e. The van der Waals surface area contributed by atoms with E-state index < -0.39 is 18.1 Å². The number of aliphatic hydroxyl groups excluding tert-OH is 1. The number of aliphatic hydroxyl groups is 1. The molecule has 1 aromatic heterocycles. The Morgan fingerprint density at radius 2 is 2.38 bits per heavy atom. The number of nitrogens with zero attached hydrogens (tertiary/aromatic N) is 3. The summed E-state index contributed by atoms with van der Waals surface area (Å²) in [5.41, 5.74) is 0. The molecular formula is C9H15N3O4. The number of ether oxygens (including phenoxy) is 1. The zero-order valence-corrected chi connectivity index (χ0v) is 9.20. The van der Waals surface area contributed by atoms with E-state index in [0.717, 1.165) is 0 Å². The van der Waals surface area contributed by atoms with Crippen molar-refractivity contribution in [3.05, 3.63) is 12.2 Å². The number of aromatic nitrogens is 3. The molecule has 0 aromatic carbocycles. The Labute approximate surface area is 92.7 Å². The number of aliphatic carboxylic acids is 1. The second-order valence-electron chi connectivity index (χ2n) is 3.42. The number of rotatable bonds is 6. The maximum atomic E-state index is 11.0. The van der Waals surface area contributed by atoms with E-state index in [1.807, 2.05) is 0 Å². The predicted molar refractivity (Wildman–Crippen MR) is 54.0 cm³/mol. The molecule has 0 bridgehead atoms. The summed E-state index contributed by atoms with van der Waals surface area (Å²) < 4.78 is 6.23. The van der Waals surface area contributed by atoms with E-state index in [-0.39, 0.29) is 0 Å². The highest BCUT2D eigenvalue weighted by Crippen LogP contribution is 2.14. The van der Waals surface area contributed by atoms with Crippen molar-refractivity contribution in [1.29, 1.82) is 0 Å². The van der Waals surface area contributed by atoms with Crippen LogP contribution in [0.15, 0.2) is 6.33 Å². The molecule has 0 saturated heterocycles. The Bertz CT molecular complexity index is 350. The third kappa shape index (κ3) is 2.77. The molecule has 1 aromatic rings. The number of methoxy groups -OCH3 is 1. The molecule has 2 N–H and O–H groups in total. The van der Waals surface area contributed by atoms with Crippen LogP contribution in [0.25, 0.3) is 0 Å². The first-order valence-electron chi connectivity index (χ1n) is 4.86. The van der Waals surface area contributed by atoms with Crippen molar-refractivity contribution in [2.75, 3.05) is 13.7 Å². The van der Waals surface area contributed by atoms with Gasteiger partial charge < -0.3 is 19.5 Å². The smallest absolute Gasteiger partial charge is 0.329 e. The summed E-state index contributed by atoms with van der Waals surface area (Å²) in [5.74, 6) is -0.636. The Kier molecular flexibility index (Phi) is 4.39. The van der Waals surface area contributed by atoms with Crippen molar-refractivity contribution in [2.45, 2.75) is 25.5 Å². The van der Waals surface area contributed by atoms with Crippen molar-refractivity contribution < 1.29 is 19.7 Å². The Morgan fingerprint density at radius 3 is 2.88 bits per heavy atom. The molecule has 0 aliphatic carbocycles. The minimum atomic E-state index is -1.12. The predicted octanol–water partition coefficient (Wildman–Crippen LogP) is -0.526. The van der Waals surface area contributed by atoms with Crippen molar-refractivity contribution in [1.82, 2.24) is 14.8 Å². The van der Waals surface area contributed by atoms with Gasteiger partial charge >= 0.3 is 5.97 Å². The molecule has 16 heavy (non-hydrogen) atoms. The summed E-state index contributed by atoms with van der Waals surface area (Å²) in [6.07, 6.45) is 0.735. The fourth-order valence-corrected chi connectivity index (χ4v) is 1.43. The lowest BCUT2D eigenvalue weighted by atomic mass is 10.2. The average Bonchev–Trinajstić information content (AvgIpc) is 2.62. The lowest BCUT2D eigenvalue weighted by Gasteiger charge is -2.18. The standard InChI is InChI=1S/C9H15N3O4/c1-6(13)8(9(14)15)12-5-10-11-7(12)3-4-16-2/h5-6,8,13H,3-4H2,1-2H3,(H,14,15). The van der Waals surface area contributed by atoms with Crippen molar-refractivity contribution in [3.63, 3.8) is 0 Å². The highest BCUT2D eigenvalue weighted by Gasteiger charge is 2.27. The largest absolute Gasteiger partial charge is 0.480 e. The minimum Gasteiger partial charge on any atom is -0.480 e. The topological polar surface area (TPSA) is 97.5 Å². The van der Waals surface area contributed by atoms with E-state index in [1.165, 1.54) is 17.8 Å². The Hall–Kier alpha value is -1.47. The van der Waals surface area contributed by atoms with Gasteiger partial charge in [0.2, 0.25) is 0 Å². The number of carboxylic acids is 1. The molecule has 0 saturated carbocycles. The zero-order chi connectivity index (χ0) is 12.1. The molecule has 7 nitrogen and oxygen atoms in total. The zero-order valence-electron chi connectivity index (χ0n) is 9.20. The summed E-state index contributed by atoms with van der Waals surface area (Å²) in [6.45, 7) is 1.84. The van der Waals surface area contributed by atoms with Crippen LogP contribution >= 0.6 is 0 Å². The number of carbonyl (C=O) groups is 1. The quantitative estimate of drug-likeness (QED) is 0.680. The first kappa shape index (κ1) is 12.6. The van der Waals surface area contributed by atoms with Crippen LogP contribution in [0.5, 0.6) is 0 Å². The van der Waals surface area contributed by atoms with Crippen molar-refractivity contribution >= 4 is 5.97 Å². The third-order valence-corrected chi connectivity index (χ3v) is 2.19. The molecule has 0 aliphatic rings. The molecule has 1 heterocycles. The second kappa shape index (κ2) is 5.57. The van der Waals surface area contributed by atoms with E-state index in [0.29, 0.717) is 18.9 Å². The van der Waals surface area contributed by atoms with Crippen molar-refractivity contribution in [2.24, 2.45) is 0 Å². The van der Waals surface area contributed by atoms with Gasteiger partial charge in [-0.15, -0.1) is 10.2 Å². The van der Waals surface area contributed by atoms with Crippen LogP contribution in [0.4, 0.5) is 0 Å². The first-order chi connectivity index (χ1) is 7.57. The van der Waals surface area contributed by atoms with Gasteiger partial charge in [-0.2, -0.15) is 0 Å². The minimum absolute atomic E-state index is 0.421. The molecule has 0 fully saturated rings. The van der Waals surface area contributed by atoms with Gasteiger partial charge in [0, 0.05) is 13.5 Å². The molecule has 0 spiro atoms.